The lowest BCUT2D eigenvalue weighted by molar-refractivity contribution is -0.147. The van der Waals surface area contributed by atoms with Gasteiger partial charge in [-0.3, -0.25) is 4.79 Å². The van der Waals surface area contributed by atoms with Crippen molar-refractivity contribution in [3.8, 4) is 11.5 Å². The number of nitrogens with zero attached hydrogens (tertiary/aromatic N) is 1. The second-order valence-corrected chi connectivity index (χ2v) is 6.85. The van der Waals surface area contributed by atoms with E-state index in [1.807, 2.05) is 0 Å². The molecule has 1 aromatic rings. The Bertz CT molecular complexity index is 717. The summed E-state index contributed by atoms with van der Waals surface area (Å²) in [5.41, 5.74) is 1.17. The van der Waals surface area contributed by atoms with E-state index < -0.39 is 18.0 Å². The van der Waals surface area contributed by atoms with Crippen molar-refractivity contribution in [1.29, 1.82) is 0 Å². The van der Waals surface area contributed by atoms with Gasteiger partial charge in [0.15, 0.2) is 11.5 Å². The van der Waals surface area contributed by atoms with E-state index in [1.165, 1.54) is 20.0 Å². The first-order valence-electron chi connectivity index (χ1n) is 9.76. The second kappa shape index (κ2) is 10.7. The molecule has 1 aliphatic heterocycles. The van der Waals surface area contributed by atoms with Gasteiger partial charge < -0.3 is 19.5 Å². The fraction of sp³-hybridized carbons (Fsp3) is 0.571. The largest absolute Gasteiger partial charge is 0.493 e. The Morgan fingerprint density at radius 2 is 1.82 bits per heavy atom. The van der Waals surface area contributed by atoms with Crippen LogP contribution < -0.4 is 14.8 Å². The van der Waals surface area contributed by atoms with Crippen molar-refractivity contribution in [3.05, 3.63) is 23.8 Å². The molecule has 1 aromatic carbocycles. The van der Waals surface area contributed by atoms with Crippen molar-refractivity contribution in [2.24, 2.45) is 10.9 Å². The van der Waals surface area contributed by atoms with Crippen LogP contribution in [0.25, 0.3) is 0 Å². The summed E-state index contributed by atoms with van der Waals surface area (Å²) in [7, 11) is 3.09. The molecule has 2 rings (SSSR count). The summed E-state index contributed by atoms with van der Waals surface area (Å²) in [6, 6.07) is 4.26. The molecule has 0 fully saturated rings. The van der Waals surface area contributed by atoms with E-state index in [0.717, 1.165) is 24.8 Å². The number of esters is 1. The number of ether oxygens (including phenoxy) is 3. The van der Waals surface area contributed by atoms with Gasteiger partial charge >= 0.3 is 12.0 Å². The highest BCUT2D eigenvalue weighted by molar-refractivity contribution is 6.08. The molecular weight excluding hydrogens is 360 g/mol. The molecule has 7 heteroatoms. The summed E-state index contributed by atoms with van der Waals surface area (Å²) in [5, 5.41) is 2.78. The van der Waals surface area contributed by atoms with Gasteiger partial charge in [-0.1, -0.05) is 38.7 Å². The molecule has 7 nitrogen and oxygen atoms in total. The maximum Gasteiger partial charge on any atom is 0.341 e. The fourth-order valence-corrected chi connectivity index (χ4v) is 3.32. The van der Waals surface area contributed by atoms with Crippen LogP contribution in [0.5, 0.6) is 11.5 Å². The van der Waals surface area contributed by atoms with Gasteiger partial charge in [0.25, 0.3) is 0 Å². The smallest absolute Gasteiger partial charge is 0.341 e. The van der Waals surface area contributed by atoms with Crippen molar-refractivity contribution < 1.29 is 23.8 Å². The molecule has 0 aromatic heterocycles. The van der Waals surface area contributed by atoms with Crippen molar-refractivity contribution in [1.82, 2.24) is 5.32 Å². The molecule has 1 heterocycles. The molecule has 2 atom stereocenters. The average molecular weight is 390 g/mol. The number of hydrogen-bond donors (Lipinski definition) is 1. The molecule has 2 amide bonds. The molecular formula is C21H30N2O5. The number of methoxy groups -OCH3 is 2. The van der Waals surface area contributed by atoms with E-state index in [-0.39, 0.29) is 5.97 Å². The highest BCUT2D eigenvalue weighted by atomic mass is 16.5. The Kier molecular flexibility index (Phi) is 8.29. The normalized spacial score (nSPS) is 18.9. The predicted octanol–water partition coefficient (Wildman–Crippen LogP) is 4.06. The summed E-state index contributed by atoms with van der Waals surface area (Å²) in [5.74, 6) is 0.0467. The number of hydrogen-bond acceptors (Lipinski definition) is 5. The van der Waals surface area contributed by atoms with Gasteiger partial charge in [-0.2, -0.15) is 0 Å². The molecule has 1 N–H and O–H groups in total. The quantitative estimate of drug-likeness (QED) is 0.481. The number of benzene rings is 1. The van der Waals surface area contributed by atoms with Crippen LogP contribution >= 0.6 is 0 Å². The number of aliphatic imine (C=N–C) groups is 1. The zero-order valence-electron chi connectivity index (χ0n) is 17.1. The van der Waals surface area contributed by atoms with Crippen LogP contribution in [0.4, 0.5) is 4.79 Å². The molecule has 0 radical (unpaired) electrons. The Hall–Kier alpha value is -2.57. The van der Waals surface area contributed by atoms with Gasteiger partial charge in [0.2, 0.25) is 0 Å². The van der Waals surface area contributed by atoms with E-state index in [1.54, 1.807) is 32.2 Å². The van der Waals surface area contributed by atoms with E-state index in [2.05, 4.69) is 17.2 Å². The van der Waals surface area contributed by atoms with Crippen LogP contribution in [-0.2, 0) is 9.53 Å². The highest BCUT2D eigenvalue weighted by Crippen LogP contribution is 2.34. The first-order valence-corrected chi connectivity index (χ1v) is 9.76. The monoisotopic (exact) mass is 390 g/mol. The van der Waals surface area contributed by atoms with Crippen molar-refractivity contribution in [2.45, 2.75) is 52.0 Å². The highest BCUT2D eigenvalue weighted by Gasteiger charge is 2.38. The summed E-state index contributed by atoms with van der Waals surface area (Å²) < 4.78 is 16.1. The summed E-state index contributed by atoms with van der Waals surface area (Å²) >= 11 is 0. The number of carbonyl (C=O) groups is 2. The van der Waals surface area contributed by atoms with Crippen LogP contribution in [0, 0.1) is 5.92 Å². The van der Waals surface area contributed by atoms with Crippen LogP contribution in [0.3, 0.4) is 0 Å². The van der Waals surface area contributed by atoms with Gasteiger partial charge in [0.05, 0.1) is 26.9 Å². The maximum absolute atomic E-state index is 12.8. The van der Waals surface area contributed by atoms with Crippen LogP contribution in [0.15, 0.2) is 23.2 Å². The third-order valence-corrected chi connectivity index (χ3v) is 4.85. The van der Waals surface area contributed by atoms with Crippen LogP contribution in [0.2, 0.25) is 0 Å². The Balaban J connectivity index is 2.14. The van der Waals surface area contributed by atoms with E-state index in [4.69, 9.17) is 14.2 Å². The molecule has 0 saturated heterocycles. The van der Waals surface area contributed by atoms with Crippen molar-refractivity contribution in [3.63, 3.8) is 0 Å². The molecule has 0 aliphatic carbocycles. The number of carbonyl (C=O) groups excluding carboxylic acids is 2. The van der Waals surface area contributed by atoms with E-state index in [9.17, 15) is 9.59 Å². The molecule has 28 heavy (non-hydrogen) atoms. The first kappa shape index (κ1) is 21.7. The fourth-order valence-electron chi connectivity index (χ4n) is 3.32. The molecule has 0 spiro atoms. The SMILES string of the molecule is CCCCCCCOC(=O)C1C(C)=NC(=O)NC1c1ccc(OC)c(OC)c1. The van der Waals surface area contributed by atoms with Gasteiger partial charge in [0.1, 0.15) is 5.92 Å². The third-order valence-electron chi connectivity index (χ3n) is 4.85. The minimum Gasteiger partial charge on any atom is -0.493 e. The number of amides is 2. The molecule has 0 bridgehead atoms. The van der Waals surface area contributed by atoms with Gasteiger partial charge in [0, 0.05) is 5.71 Å². The van der Waals surface area contributed by atoms with Gasteiger partial charge in [-0.05, 0) is 31.0 Å². The Labute approximate surface area is 166 Å². The summed E-state index contributed by atoms with van der Waals surface area (Å²) in [4.78, 5) is 28.6. The van der Waals surface area contributed by atoms with Crippen LogP contribution in [0.1, 0.15) is 57.6 Å². The van der Waals surface area contributed by atoms with E-state index in [0.29, 0.717) is 23.8 Å². The maximum atomic E-state index is 12.8. The number of nitrogens with one attached hydrogen (secondary N) is 1. The lowest BCUT2D eigenvalue weighted by Gasteiger charge is -2.30. The summed E-state index contributed by atoms with van der Waals surface area (Å²) in [6.07, 6.45) is 5.37. The molecule has 2 unspecified atom stereocenters. The zero-order chi connectivity index (χ0) is 20.5. The Morgan fingerprint density at radius 1 is 1.11 bits per heavy atom. The zero-order valence-corrected chi connectivity index (χ0v) is 17.1. The standard InChI is InChI=1S/C21H30N2O5/c1-5-6-7-8-9-12-28-20(24)18-14(2)22-21(25)23-19(18)15-10-11-16(26-3)17(13-15)27-4/h10-11,13,18-19H,5-9,12H2,1-4H3,(H,23,25). The second-order valence-electron chi connectivity index (χ2n) is 6.85. The molecule has 1 aliphatic rings. The minimum atomic E-state index is -0.675. The molecule has 0 saturated carbocycles. The Morgan fingerprint density at radius 3 is 2.50 bits per heavy atom. The van der Waals surface area contributed by atoms with Gasteiger partial charge in [-0.25, -0.2) is 9.79 Å². The van der Waals surface area contributed by atoms with Crippen molar-refractivity contribution in [2.75, 3.05) is 20.8 Å². The minimum absolute atomic E-state index is 0.374. The van der Waals surface area contributed by atoms with E-state index >= 15 is 0 Å². The number of unbranched alkanes of at least 4 members (excludes halogenated alkanes) is 4. The lowest BCUT2D eigenvalue weighted by atomic mass is 9.88. The first-order chi connectivity index (χ1) is 13.5. The van der Waals surface area contributed by atoms with Crippen LogP contribution in [-0.4, -0.2) is 38.5 Å². The lowest BCUT2D eigenvalue weighted by Crippen LogP contribution is -2.44. The summed E-state index contributed by atoms with van der Waals surface area (Å²) in [6.45, 7) is 4.21. The van der Waals surface area contributed by atoms with Crippen molar-refractivity contribution >= 4 is 17.7 Å². The molecule has 154 valence electrons. The topological polar surface area (TPSA) is 86.2 Å². The predicted molar refractivity (Wildman–Crippen MR) is 107 cm³/mol. The third kappa shape index (κ3) is 5.47. The number of urea groups is 1. The number of rotatable bonds is 10. The van der Waals surface area contributed by atoms with Gasteiger partial charge in [-0.15, -0.1) is 0 Å². The average Bonchev–Trinajstić information content (AvgIpc) is 2.69.